The maximum absolute atomic E-state index is 11.7. The van der Waals surface area contributed by atoms with Crippen molar-refractivity contribution in [3.05, 3.63) is 0 Å². The van der Waals surface area contributed by atoms with Gasteiger partial charge in [0, 0.05) is 25.2 Å². The van der Waals surface area contributed by atoms with Gasteiger partial charge in [-0.2, -0.15) is 4.31 Å². The van der Waals surface area contributed by atoms with E-state index in [0.717, 1.165) is 12.8 Å². The number of nitrogens with zero attached hydrogens (tertiary/aromatic N) is 2. The van der Waals surface area contributed by atoms with E-state index in [1.165, 1.54) is 6.42 Å². The summed E-state index contributed by atoms with van der Waals surface area (Å²) in [6, 6.07) is 0.945. The standard InChI is InChI=1S/C9H17ClN2O2S/c1-11-8-2-3-9(11)6-12(5-4-8)15(13,14)7-10/h8-9H,2-7H2,1H3. The van der Waals surface area contributed by atoms with Crippen LogP contribution < -0.4 is 0 Å². The summed E-state index contributed by atoms with van der Waals surface area (Å²) in [6.07, 6.45) is 3.24. The lowest BCUT2D eigenvalue weighted by Gasteiger charge is -2.24. The summed E-state index contributed by atoms with van der Waals surface area (Å²) in [7, 11) is -1.12. The largest absolute Gasteiger partial charge is 0.299 e. The van der Waals surface area contributed by atoms with Gasteiger partial charge in [-0.3, -0.25) is 4.90 Å². The summed E-state index contributed by atoms with van der Waals surface area (Å²) in [5.74, 6) is 0. The molecule has 2 fully saturated rings. The molecule has 15 heavy (non-hydrogen) atoms. The molecule has 0 aromatic carbocycles. The second-order valence-electron chi connectivity index (χ2n) is 4.42. The van der Waals surface area contributed by atoms with Gasteiger partial charge < -0.3 is 0 Å². The zero-order valence-electron chi connectivity index (χ0n) is 8.89. The molecule has 2 rings (SSSR count). The number of halogens is 1. The SMILES string of the molecule is CN1C2CCC1CN(S(=O)(=O)CCl)CC2. The van der Waals surface area contributed by atoms with E-state index >= 15 is 0 Å². The first-order chi connectivity index (χ1) is 7.04. The average molecular weight is 253 g/mol. The summed E-state index contributed by atoms with van der Waals surface area (Å²) in [5.41, 5.74) is 0. The maximum Gasteiger partial charge on any atom is 0.228 e. The average Bonchev–Trinajstić information content (AvgIpc) is 2.40. The third kappa shape index (κ3) is 2.16. The van der Waals surface area contributed by atoms with Crippen LogP contribution in [0.1, 0.15) is 19.3 Å². The van der Waals surface area contributed by atoms with Crippen molar-refractivity contribution in [2.24, 2.45) is 0 Å². The Morgan fingerprint density at radius 1 is 1.27 bits per heavy atom. The Kier molecular flexibility index (Phi) is 3.26. The lowest BCUT2D eigenvalue weighted by molar-refractivity contribution is 0.247. The van der Waals surface area contributed by atoms with Crippen LogP contribution in [0.15, 0.2) is 0 Å². The van der Waals surface area contributed by atoms with Crippen LogP contribution >= 0.6 is 11.6 Å². The Hall–Kier alpha value is 0.160. The third-order valence-electron chi connectivity index (χ3n) is 3.64. The quantitative estimate of drug-likeness (QED) is 0.679. The molecule has 2 unspecified atom stereocenters. The van der Waals surface area contributed by atoms with Crippen LogP contribution in [0.4, 0.5) is 0 Å². The summed E-state index contributed by atoms with van der Waals surface area (Å²) >= 11 is 5.48. The van der Waals surface area contributed by atoms with Gasteiger partial charge >= 0.3 is 0 Å². The van der Waals surface area contributed by atoms with Gasteiger partial charge in [0.05, 0.1) is 0 Å². The number of hydrogen-bond donors (Lipinski definition) is 0. The number of alkyl halides is 1. The minimum Gasteiger partial charge on any atom is -0.299 e. The van der Waals surface area contributed by atoms with E-state index in [-0.39, 0.29) is 5.21 Å². The molecule has 88 valence electrons. The first-order valence-corrected chi connectivity index (χ1v) is 7.44. The lowest BCUT2D eigenvalue weighted by atomic mass is 10.1. The van der Waals surface area contributed by atoms with E-state index in [9.17, 15) is 8.42 Å². The molecule has 2 heterocycles. The first-order valence-electron chi connectivity index (χ1n) is 5.30. The van der Waals surface area contributed by atoms with E-state index in [2.05, 4.69) is 11.9 Å². The Morgan fingerprint density at radius 3 is 2.60 bits per heavy atom. The molecule has 2 aliphatic heterocycles. The summed E-state index contributed by atoms with van der Waals surface area (Å²) in [6.45, 7) is 1.24. The van der Waals surface area contributed by atoms with Gasteiger partial charge in [0.15, 0.2) is 0 Å². The van der Waals surface area contributed by atoms with Crippen molar-refractivity contribution in [3.63, 3.8) is 0 Å². The highest BCUT2D eigenvalue weighted by Gasteiger charge is 2.37. The molecular weight excluding hydrogens is 236 g/mol. The summed E-state index contributed by atoms with van der Waals surface area (Å²) in [4.78, 5) is 2.32. The maximum atomic E-state index is 11.7. The van der Waals surface area contributed by atoms with Gasteiger partial charge in [-0.05, 0) is 26.3 Å². The van der Waals surface area contributed by atoms with Crippen LogP contribution in [-0.4, -0.2) is 55.1 Å². The molecule has 2 aliphatic rings. The smallest absolute Gasteiger partial charge is 0.228 e. The number of hydrogen-bond acceptors (Lipinski definition) is 3. The predicted octanol–water partition coefficient (Wildman–Crippen LogP) is 0.681. The number of likely N-dealkylation sites (N-methyl/N-ethyl adjacent to an activating group) is 1. The normalized spacial score (nSPS) is 34.3. The van der Waals surface area contributed by atoms with Crippen molar-refractivity contribution in [2.75, 3.05) is 25.3 Å². The fourth-order valence-electron chi connectivity index (χ4n) is 2.60. The third-order valence-corrected chi connectivity index (χ3v) is 5.86. The van der Waals surface area contributed by atoms with Gasteiger partial charge in [-0.1, -0.05) is 0 Å². The highest BCUT2D eigenvalue weighted by Crippen LogP contribution is 2.29. The number of sulfonamides is 1. The molecule has 0 amide bonds. The van der Waals surface area contributed by atoms with E-state index in [4.69, 9.17) is 11.6 Å². The molecule has 6 heteroatoms. The zero-order valence-corrected chi connectivity index (χ0v) is 10.5. The molecule has 2 saturated heterocycles. The van der Waals surface area contributed by atoms with Crippen LogP contribution in [0.25, 0.3) is 0 Å². The van der Waals surface area contributed by atoms with E-state index in [0.29, 0.717) is 25.2 Å². The van der Waals surface area contributed by atoms with Crippen molar-refractivity contribution in [2.45, 2.75) is 31.3 Å². The van der Waals surface area contributed by atoms with Crippen molar-refractivity contribution >= 4 is 21.6 Å². The first kappa shape index (κ1) is 11.6. The molecule has 0 spiro atoms. The zero-order chi connectivity index (χ0) is 11.1. The predicted molar refractivity (Wildman–Crippen MR) is 60.4 cm³/mol. The Balaban J connectivity index is 2.13. The Labute approximate surface area is 96.2 Å². The molecule has 0 saturated carbocycles. The van der Waals surface area contributed by atoms with Crippen molar-refractivity contribution in [3.8, 4) is 0 Å². The topological polar surface area (TPSA) is 40.6 Å². The number of fused-ring (bicyclic) bond motifs is 2. The fourth-order valence-corrected chi connectivity index (χ4v) is 3.93. The Bertz CT molecular complexity index is 333. The second-order valence-corrected chi connectivity index (χ2v) is 6.97. The monoisotopic (exact) mass is 252 g/mol. The van der Waals surface area contributed by atoms with Crippen LogP contribution in [0.2, 0.25) is 0 Å². The molecule has 0 aromatic heterocycles. The minimum atomic E-state index is -3.22. The highest BCUT2D eigenvalue weighted by molar-refractivity contribution is 7.90. The minimum absolute atomic E-state index is 0.298. The van der Waals surface area contributed by atoms with Crippen LogP contribution in [0.5, 0.6) is 0 Å². The Morgan fingerprint density at radius 2 is 1.93 bits per heavy atom. The molecule has 0 N–H and O–H groups in total. The van der Waals surface area contributed by atoms with Crippen LogP contribution in [0, 0.1) is 0 Å². The van der Waals surface area contributed by atoms with Crippen LogP contribution in [0.3, 0.4) is 0 Å². The van der Waals surface area contributed by atoms with Gasteiger partial charge in [0.25, 0.3) is 0 Å². The van der Waals surface area contributed by atoms with E-state index in [1.54, 1.807) is 4.31 Å². The second kappa shape index (κ2) is 4.20. The highest BCUT2D eigenvalue weighted by atomic mass is 35.5. The lowest BCUT2D eigenvalue weighted by Crippen LogP contribution is -2.40. The van der Waals surface area contributed by atoms with Crippen molar-refractivity contribution < 1.29 is 8.42 Å². The molecule has 0 radical (unpaired) electrons. The molecule has 0 aromatic rings. The van der Waals surface area contributed by atoms with Gasteiger partial charge in [0.2, 0.25) is 10.0 Å². The fraction of sp³-hybridized carbons (Fsp3) is 1.00. The molecule has 2 atom stereocenters. The van der Waals surface area contributed by atoms with Crippen molar-refractivity contribution in [1.82, 2.24) is 9.21 Å². The molecular formula is C9H17ClN2O2S. The van der Waals surface area contributed by atoms with Crippen LogP contribution in [-0.2, 0) is 10.0 Å². The molecule has 4 nitrogen and oxygen atoms in total. The molecule has 0 aliphatic carbocycles. The van der Waals surface area contributed by atoms with Gasteiger partial charge in [-0.25, -0.2) is 8.42 Å². The molecule has 2 bridgehead atoms. The summed E-state index contributed by atoms with van der Waals surface area (Å²) in [5, 5.41) is -0.298. The van der Waals surface area contributed by atoms with E-state index in [1.807, 2.05) is 0 Å². The van der Waals surface area contributed by atoms with E-state index < -0.39 is 10.0 Å². The van der Waals surface area contributed by atoms with Gasteiger partial charge in [0.1, 0.15) is 5.21 Å². The van der Waals surface area contributed by atoms with Crippen molar-refractivity contribution in [1.29, 1.82) is 0 Å². The summed E-state index contributed by atoms with van der Waals surface area (Å²) < 4.78 is 24.9. The number of rotatable bonds is 2. The van der Waals surface area contributed by atoms with Gasteiger partial charge in [-0.15, -0.1) is 11.6 Å².